The van der Waals surface area contributed by atoms with Crippen LogP contribution in [-0.2, 0) is 24.4 Å². The summed E-state index contributed by atoms with van der Waals surface area (Å²) < 4.78 is 30.8. The molecule has 1 aliphatic heterocycles. The molecule has 3 heterocycles. The van der Waals surface area contributed by atoms with Crippen LogP contribution in [0.25, 0.3) is 21.6 Å². The summed E-state index contributed by atoms with van der Waals surface area (Å²) in [5.74, 6) is 0.448. The number of amides is 3. The maximum atomic E-state index is 12.4. The number of nitrogens with zero attached hydrogens (tertiary/aromatic N) is 2. The third-order valence-electron chi connectivity index (χ3n) is 10.6. The predicted octanol–water partition coefficient (Wildman–Crippen LogP) is 7.03. The minimum Gasteiger partial charge on any atom is -0.496 e. The van der Waals surface area contributed by atoms with Crippen molar-refractivity contribution in [2.75, 3.05) is 25.5 Å². The van der Waals surface area contributed by atoms with Crippen LogP contribution in [0.15, 0.2) is 70.9 Å². The van der Waals surface area contributed by atoms with Gasteiger partial charge in [0.25, 0.3) is 0 Å². The van der Waals surface area contributed by atoms with E-state index in [2.05, 4.69) is 52.9 Å². The zero-order chi connectivity index (χ0) is 42.7. The molecule has 2 aromatic heterocycles. The fourth-order valence-electron chi connectivity index (χ4n) is 6.84. The van der Waals surface area contributed by atoms with Crippen molar-refractivity contribution in [2.24, 2.45) is 17.6 Å². The van der Waals surface area contributed by atoms with Crippen LogP contribution in [0.5, 0.6) is 5.75 Å². The number of H-pyrrole nitrogens is 1. The first-order chi connectivity index (χ1) is 28.2. The van der Waals surface area contributed by atoms with Crippen LogP contribution in [-0.4, -0.2) is 72.5 Å². The van der Waals surface area contributed by atoms with Crippen molar-refractivity contribution in [1.29, 1.82) is 0 Å². The largest absolute Gasteiger partial charge is 0.496 e. The van der Waals surface area contributed by atoms with E-state index in [4.69, 9.17) is 10.5 Å². The molecular weight excluding hydrogens is 789 g/mol. The first-order valence-electron chi connectivity index (χ1n) is 20.5. The topological polar surface area (TPSA) is 194 Å². The van der Waals surface area contributed by atoms with Gasteiger partial charge in [0.15, 0.2) is 5.43 Å². The van der Waals surface area contributed by atoms with Gasteiger partial charge in [-0.3, -0.25) is 23.9 Å². The SMILES string of the molecule is CCCCC/C=C\C1C[C@@H]1C(=O)NS(=O)(=O)C1CC1.COc1ccc2c(=O)cc(-c3nc(C(C)C)cs3)[nH]c2c1C.NC(=O)[C@@H]1CCCN1C(=O)CNc1ccccc1. The molecule has 4 aromatic rings. The summed E-state index contributed by atoms with van der Waals surface area (Å²) in [6.07, 6.45) is 12.6. The predicted molar refractivity (Wildman–Crippen MR) is 235 cm³/mol. The Labute approximate surface area is 351 Å². The maximum Gasteiger partial charge on any atom is 0.242 e. The van der Waals surface area contributed by atoms with Gasteiger partial charge < -0.3 is 25.7 Å². The Kier molecular flexibility index (Phi) is 15.9. The Bertz CT molecular complexity index is 2270. The average Bonchev–Trinajstić information content (AvgIpc) is 4.11. The lowest BCUT2D eigenvalue weighted by atomic mass is 10.1. The minimum absolute atomic E-state index is 0.00389. The molecule has 2 aliphatic carbocycles. The van der Waals surface area contributed by atoms with Gasteiger partial charge >= 0.3 is 0 Å². The summed E-state index contributed by atoms with van der Waals surface area (Å²) in [6, 6.07) is 14.3. The van der Waals surface area contributed by atoms with Crippen molar-refractivity contribution in [3.8, 4) is 16.5 Å². The van der Waals surface area contributed by atoms with Crippen molar-refractivity contribution < 1.29 is 27.5 Å². The highest BCUT2D eigenvalue weighted by Gasteiger charge is 2.45. The number of para-hydroxylation sites is 1. The van der Waals surface area contributed by atoms with E-state index in [1.54, 1.807) is 35.5 Å². The third kappa shape index (κ3) is 12.5. The number of allylic oxidation sites excluding steroid dienone is 2. The highest BCUT2D eigenvalue weighted by atomic mass is 32.2. The van der Waals surface area contributed by atoms with E-state index in [1.807, 2.05) is 48.7 Å². The number of anilines is 1. The summed E-state index contributed by atoms with van der Waals surface area (Å²) in [6.45, 7) is 9.14. The van der Waals surface area contributed by atoms with Gasteiger partial charge in [0.1, 0.15) is 16.8 Å². The second-order valence-corrected chi connectivity index (χ2v) is 18.4. The van der Waals surface area contributed by atoms with Crippen LogP contribution >= 0.6 is 11.3 Å². The fourth-order valence-corrected chi connectivity index (χ4v) is 9.14. The first-order valence-corrected chi connectivity index (χ1v) is 22.9. The fraction of sp³-hybridized carbons (Fsp3) is 0.477. The maximum absolute atomic E-state index is 12.4. The zero-order valence-corrected chi connectivity index (χ0v) is 36.3. The number of ether oxygens (including phenoxy) is 1. The van der Waals surface area contributed by atoms with E-state index in [-0.39, 0.29) is 40.9 Å². The van der Waals surface area contributed by atoms with Crippen LogP contribution in [0.1, 0.15) is 95.7 Å². The molecule has 7 rings (SSSR count). The number of likely N-dealkylation sites (tertiary alicyclic amines) is 1. The number of hydrogen-bond acceptors (Lipinski definition) is 10. The number of pyridine rings is 1. The second-order valence-electron chi connectivity index (χ2n) is 15.6. The molecule has 0 bridgehead atoms. The van der Waals surface area contributed by atoms with Crippen molar-refractivity contribution in [3.63, 3.8) is 0 Å². The number of rotatable bonds is 15. The number of aromatic amines is 1. The Balaban J connectivity index is 0.000000169. The molecule has 13 nitrogen and oxygen atoms in total. The van der Waals surface area contributed by atoms with Gasteiger partial charge in [0, 0.05) is 40.5 Å². The number of carbonyl (C=O) groups is 3. The van der Waals surface area contributed by atoms with Crippen molar-refractivity contribution in [3.05, 3.63) is 87.5 Å². The summed E-state index contributed by atoms with van der Waals surface area (Å²) in [7, 11) is -1.74. The lowest BCUT2D eigenvalue weighted by molar-refractivity contribution is -0.135. The van der Waals surface area contributed by atoms with Crippen LogP contribution in [0, 0.1) is 18.8 Å². The van der Waals surface area contributed by atoms with Crippen LogP contribution < -0.4 is 25.9 Å². The van der Waals surface area contributed by atoms with E-state index in [0.29, 0.717) is 37.1 Å². The van der Waals surface area contributed by atoms with Crippen molar-refractivity contribution in [2.45, 2.75) is 103 Å². The molecule has 2 saturated carbocycles. The molecule has 1 unspecified atom stereocenters. The molecular formula is C44H58N6O7S2. The standard InChI is InChI=1S/C17H18N2O2S.C14H23NO3S.C13H17N3O2/c1-9(2)13-8-22-17(19-13)12-7-14(20)11-5-6-15(21-4)10(3)16(11)18-12;1-2-3-4-5-6-7-11-10-13(11)14(16)15-19(17,18)12-8-9-12;14-13(18)11-7-4-8-16(11)12(17)9-15-10-5-2-1-3-6-10/h5-9H,1-4H3,(H,18,20);6-7,11-13H,2-5,8-10H2,1H3,(H,15,16);1-3,5-6,11,15H,4,7-9H2,(H2,14,18)/b;7-6-;/t;11?,13-;11-/m.00/s1. The number of hydrogen-bond donors (Lipinski definition) is 4. The molecule has 59 heavy (non-hydrogen) atoms. The average molecular weight is 847 g/mol. The quantitative estimate of drug-likeness (QED) is 0.0718. The van der Waals surface area contributed by atoms with E-state index < -0.39 is 22.0 Å². The van der Waals surface area contributed by atoms with Crippen LogP contribution in [0.2, 0.25) is 0 Å². The van der Waals surface area contributed by atoms with Crippen LogP contribution in [0.4, 0.5) is 5.69 Å². The van der Waals surface area contributed by atoms with E-state index in [0.717, 1.165) is 58.2 Å². The Hall–Kier alpha value is -5.02. The second kappa shape index (κ2) is 20.8. The van der Waals surface area contributed by atoms with Crippen molar-refractivity contribution in [1.82, 2.24) is 19.6 Å². The number of benzene rings is 2. The molecule has 3 aliphatic rings. The molecule has 5 N–H and O–H groups in total. The number of nitrogens with two attached hydrogens (primary N) is 1. The monoisotopic (exact) mass is 846 g/mol. The Morgan fingerprint density at radius 3 is 2.49 bits per heavy atom. The number of sulfonamides is 1. The van der Waals surface area contributed by atoms with Crippen molar-refractivity contribution >= 4 is 55.7 Å². The molecule has 318 valence electrons. The summed E-state index contributed by atoms with van der Waals surface area (Å²) >= 11 is 1.55. The molecule has 3 fully saturated rings. The molecule has 0 spiro atoms. The van der Waals surface area contributed by atoms with Gasteiger partial charge in [-0.2, -0.15) is 0 Å². The van der Waals surface area contributed by atoms with Gasteiger partial charge in [0.05, 0.1) is 35.8 Å². The number of primary amides is 1. The van der Waals surface area contributed by atoms with Gasteiger partial charge in [-0.15, -0.1) is 11.3 Å². The lowest BCUT2D eigenvalue weighted by Crippen LogP contribution is -2.45. The lowest BCUT2D eigenvalue weighted by Gasteiger charge is -2.22. The first kappa shape index (κ1) is 45.1. The number of carbonyl (C=O) groups excluding carboxylic acids is 3. The number of aryl methyl sites for hydroxylation is 1. The van der Waals surface area contributed by atoms with E-state index in [1.165, 1.54) is 19.3 Å². The van der Waals surface area contributed by atoms with Gasteiger partial charge in [-0.1, -0.05) is 64.0 Å². The smallest absolute Gasteiger partial charge is 0.242 e. The Morgan fingerprint density at radius 2 is 1.85 bits per heavy atom. The van der Waals surface area contributed by atoms with E-state index >= 15 is 0 Å². The number of aromatic nitrogens is 2. The number of unbranched alkanes of at least 4 members (excludes halogenated alkanes) is 3. The normalized spacial score (nSPS) is 18.5. The summed E-state index contributed by atoms with van der Waals surface area (Å²) in [5.41, 5.74) is 9.70. The molecule has 2 aromatic carbocycles. The molecule has 3 atom stereocenters. The molecule has 1 saturated heterocycles. The summed E-state index contributed by atoms with van der Waals surface area (Å²) in [5, 5.41) is 6.27. The molecule has 3 amide bonds. The highest BCUT2D eigenvalue weighted by Crippen LogP contribution is 2.40. The Morgan fingerprint density at radius 1 is 1.10 bits per heavy atom. The zero-order valence-electron chi connectivity index (χ0n) is 34.7. The summed E-state index contributed by atoms with van der Waals surface area (Å²) in [4.78, 5) is 56.9. The third-order valence-corrected chi connectivity index (χ3v) is 13.4. The van der Waals surface area contributed by atoms with Gasteiger partial charge in [0.2, 0.25) is 27.7 Å². The number of fused-ring (bicyclic) bond motifs is 1. The highest BCUT2D eigenvalue weighted by molar-refractivity contribution is 7.90. The number of thiazole rings is 1. The van der Waals surface area contributed by atoms with Crippen LogP contribution in [0.3, 0.4) is 0 Å². The van der Waals surface area contributed by atoms with E-state index in [9.17, 15) is 27.6 Å². The number of methoxy groups -OCH3 is 1. The minimum atomic E-state index is -3.37. The number of nitrogens with one attached hydrogen (secondary N) is 3. The molecule has 15 heteroatoms. The van der Waals surface area contributed by atoms with Gasteiger partial charge in [-0.25, -0.2) is 13.4 Å². The van der Waals surface area contributed by atoms with Gasteiger partial charge in [-0.05, 0) is 88.0 Å². The molecule has 0 radical (unpaired) electrons.